The highest BCUT2D eigenvalue weighted by Crippen LogP contribution is 2.30. The first-order chi connectivity index (χ1) is 12.7. The topological polar surface area (TPSA) is 92.3 Å². The molecule has 130 valence electrons. The molecule has 0 atom stereocenters. The fraction of sp³-hybridized carbons (Fsp3) is 0.158. The van der Waals surface area contributed by atoms with Crippen LogP contribution in [0.15, 0.2) is 47.5 Å². The number of hydrogen-bond donors (Lipinski definition) is 2. The van der Waals surface area contributed by atoms with Crippen molar-refractivity contribution in [3.8, 4) is 22.8 Å². The van der Waals surface area contributed by atoms with Crippen LogP contribution in [0.4, 0.5) is 5.69 Å². The van der Waals surface area contributed by atoms with Crippen molar-refractivity contribution in [3.05, 3.63) is 53.7 Å². The largest absolute Gasteiger partial charge is 0.457 e. The molecule has 0 unspecified atom stereocenters. The van der Waals surface area contributed by atoms with E-state index >= 15 is 0 Å². The highest BCUT2D eigenvalue weighted by Gasteiger charge is 2.15. The number of nitrogens with zero attached hydrogens (tertiary/aromatic N) is 3. The van der Waals surface area contributed by atoms with Crippen LogP contribution < -0.4 is 10.1 Å². The van der Waals surface area contributed by atoms with Gasteiger partial charge in [0.15, 0.2) is 0 Å². The zero-order valence-corrected chi connectivity index (χ0v) is 14.2. The summed E-state index contributed by atoms with van der Waals surface area (Å²) in [5, 5.41) is 13.6. The maximum Gasteiger partial charge on any atom is 0.224 e. The molecule has 7 nitrogen and oxygen atoms in total. The first kappa shape index (κ1) is 16.0. The van der Waals surface area contributed by atoms with Crippen molar-refractivity contribution in [2.75, 3.05) is 12.4 Å². The summed E-state index contributed by atoms with van der Waals surface area (Å²) in [5.41, 5.74) is 4.38. The van der Waals surface area contributed by atoms with E-state index in [1.807, 2.05) is 42.5 Å². The second-order valence-electron chi connectivity index (χ2n) is 5.95. The first-order valence-corrected chi connectivity index (χ1v) is 8.27. The molecule has 1 aliphatic heterocycles. The van der Waals surface area contributed by atoms with Crippen molar-refractivity contribution in [1.82, 2.24) is 15.4 Å². The molecule has 4 rings (SSSR count). The SMILES string of the molecule is C/N=C/c1[nH]nnc1-c1ccc(Oc2ccc3c(c2)CCC(=O)N3)cc1. The number of fused-ring (bicyclic) bond motifs is 1. The normalized spacial score (nSPS) is 13.5. The fourth-order valence-corrected chi connectivity index (χ4v) is 2.91. The predicted octanol–water partition coefficient (Wildman–Crippen LogP) is 3.20. The highest BCUT2D eigenvalue weighted by atomic mass is 16.5. The lowest BCUT2D eigenvalue weighted by molar-refractivity contribution is -0.116. The molecule has 1 amide bonds. The fourth-order valence-electron chi connectivity index (χ4n) is 2.91. The Morgan fingerprint density at radius 2 is 1.92 bits per heavy atom. The number of aryl methyl sites for hydroxylation is 1. The molecular weight excluding hydrogens is 330 g/mol. The number of aliphatic imine (C=N–C) groups is 1. The summed E-state index contributed by atoms with van der Waals surface area (Å²) >= 11 is 0. The molecule has 1 aromatic heterocycles. The van der Waals surface area contributed by atoms with E-state index in [1.165, 1.54) is 0 Å². The van der Waals surface area contributed by atoms with Gasteiger partial charge in [0.05, 0.1) is 0 Å². The van der Waals surface area contributed by atoms with Crippen molar-refractivity contribution in [1.29, 1.82) is 0 Å². The standard InChI is InChI=1S/C19H17N5O2/c1-20-11-17-19(23-24-22-17)12-2-5-14(6-3-12)26-15-7-8-16-13(10-15)4-9-18(25)21-16/h2-3,5-8,10-11H,4,9H2,1H3,(H,21,25)(H,22,23,24)/b20-11+. The van der Waals surface area contributed by atoms with Crippen molar-refractivity contribution >= 4 is 17.8 Å². The average molecular weight is 347 g/mol. The molecular formula is C19H17N5O2. The second-order valence-corrected chi connectivity index (χ2v) is 5.95. The molecule has 7 heteroatoms. The maximum absolute atomic E-state index is 11.4. The van der Waals surface area contributed by atoms with E-state index in [1.54, 1.807) is 13.3 Å². The Bertz CT molecular complexity index is 976. The van der Waals surface area contributed by atoms with Crippen LogP contribution in [0, 0.1) is 0 Å². The maximum atomic E-state index is 11.4. The van der Waals surface area contributed by atoms with Gasteiger partial charge in [0, 0.05) is 30.9 Å². The Labute approximate surface area is 150 Å². The molecule has 0 aliphatic carbocycles. The number of anilines is 1. The van der Waals surface area contributed by atoms with Gasteiger partial charge in [-0.2, -0.15) is 0 Å². The van der Waals surface area contributed by atoms with Crippen LogP contribution in [0.2, 0.25) is 0 Å². The smallest absolute Gasteiger partial charge is 0.224 e. The van der Waals surface area contributed by atoms with E-state index in [-0.39, 0.29) is 5.91 Å². The molecule has 0 bridgehead atoms. The van der Waals surface area contributed by atoms with Gasteiger partial charge < -0.3 is 10.1 Å². The lowest BCUT2D eigenvalue weighted by atomic mass is 10.0. The Balaban J connectivity index is 1.53. The van der Waals surface area contributed by atoms with Crippen molar-refractivity contribution in [3.63, 3.8) is 0 Å². The third kappa shape index (κ3) is 3.19. The van der Waals surface area contributed by atoms with Crippen LogP contribution in [0.25, 0.3) is 11.3 Å². The lowest BCUT2D eigenvalue weighted by Crippen LogP contribution is -2.18. The Kier molecular flexibility index (Phi) is 4.18. The van der Waals surface area contributed by atoms with Crippen LogP contribution >= 0.6 is 0 Å². The quantitative estimate of drug-likeness (QED) is 0.709. The van der Waals surface area contributed by atoms with E-state index in [2.05, 4.69) is 25.7 Å². The number of rotatable bonds is 4. The van der Waals surface area contributed by atoms with Crippen LogP contribution in [-0.4, -0.2) is 34.6 Å². The molecule has 26 heavy (non-hydrogen) atoms. The summed E-state index contributed by atoms with van der Waals surface area (Å²) in [7, 11) is 1.70. The van der Waals surface area contributed by atoms with Crippen LogP contribution in [0.1, 0.15) is 17.7 Å². The van der Waals surface area contributed by atoms with Crippen molar-refractivity contribution in [2.45, 2.75) is 12.8 Å². The molecule has 1 aliphatic rings. The minimum absolute atomic E-state index is 0.0575. The number of benzene rings is 2. The average Bonchev–Trinajstić information content (AvgIpc) is 3.11. The molecule has 0 spiro atoms. The Morgan fingerprint density at radius 3 is 2.73 bits per heavy atom. The van der Waals surface area contributed by atoms with Crippen molar-refractivity contribution < 1.29 is 9.53 Å². The van der Waals surface area contributed by atoms with Crippen molar-refractivity contribution in [2.24, 2.45) is 4.99 Å². The first-order valence-electron chi connectivity index (χ1n) is 8.27. The van der Waals surface area contributed by atoms with Gasteiger partial charge in [0.1, 0.15) is 22.9 Å². The molecule has 2 aromatic carbocycles. The van der Waals surface area contributed by atoms with Gasteiger partial charge in [-0.25, -0.2) is 0 Å². The van der Waals surface area contributed by atoms with Gasteiger partial charge in [-0.1, -0.05) is 5.21 Å². The number of nitrogens with one attached hydrogen (secondary N) is 2. The second kappa shape index (κ2) is 6.79. The van der Waals surface area contributed by atoms with E-state index in [0.717, 1.165) is 46.1 Å². The van der Waals surface area contributed by atoms with Crippen LogP contribution in [-0.2, 0) is 11.2 Å². The summed E-state index contributed by atoms with van der Waals surface area (Å²) in [6.45, 7) is 0. The van der Waals surface area contributed by atoms with Crippen LogP contribution in [0.3, 0.4) is 0 Å². The van der Waals surface area contributed by atoms with Gasteiger partial charge in [0.2, 0.25) is 5.91 Å². The van der Waals surface area contributed by atoms with Gasteiger partial charge in [-0.15, -0.1) is 5.10 Å². The highest BCUT2D eigenvalue weighted by molar-refractivity contribution is 5.94. The minimum atomic E-state index is 0.0575. The molecule has 3 aromatic rings. The molecule has 0 fully saturated rings. The zero-order valence-electron chi connectivity index (χ0n) is 14.2. The summed E-state index contributed by atoms with van der Waals surface area (Å²) in [6.07, 6.45) is 2.92. The van der Waals surface area contributed by atoms with E-state index in [4.69, 9.17) is 4.74 Å². The molecule has 2 heterocycles. The Hall–Kier alpha value is -3.48. The lowest BCUT2D eigenvalue weighted by Gasteiger charge is -2.17. The Morgan fingerprint density at radius 1 is 1.12 bits per heavy atom. The number of hydrogen-bond acceptors (Lipinski definition) is 5. The van der Waals surface area contributed by atoms with Crippen LogP contribution in [0.5, 0.6) is 11.5 Å². The zero-order chi connectivity index (χ0) is 17.9. The number of aromatic amines is 1. The summed E-state index contributed by atoms with van der Waals surface area (Å²) in [6, 6.07) is 13.3. The minimum Gasteiger partial charge on any atom is -0.457 e. The summed E-state index contributed by atoms with van der Waals surface area (Å²) in [4.78, 5) is 15.4. The molecule has 0 saturated carbocycles. The predicted molar refractivity (Wildman–Crippen MR) is 98.8 cm³/mol. The van der Waals surface area contributed by atoms with E-state index < -0.39 is 0 Å². The number of ether oxygens (including phenoxy) is 1. The van der Waals surface area contributed by atoms with Gasteiger partial charge in [-0.05, 0) is 54.4 Å². The van der Waals surface area contributed by atoms with Gasteiger partial charge in [0.25, 0.3) is 0 Å². The van der Waals surface area contributed by atoms with Gasteiger partial charge in [-0.3, -0.25) is 14.9 Å². The van der Waals surface area contributed by atoms with E-state index in [0.29, 0.717) is 6.42 Å². The molecule has 0 radical (unpaired) electrons. The third-order valence-corrected chi connectivity index (χ3v) is 4.17. The van der Waals surface area contributed by atoms with Gasteiger partial charge >= 0.3 is 0 Å². The van der Waals surface area contributed by atoms with E-state index in [9.17, 15) is 4.79 Å². The third-order valence-electron chi connectivity index (χ3n) is 4.17. The summed E-state index contributed by atoms with van der Waals surface area (Å²) < 4.78 is 5.94. The number of aromatic nitrogens is 3. The molecule has 0 saturated heterocycles. The number of amides is 1. The summed E-state index contributed by atoms with van der Waals surface area (Å²) in [5.74, 6) is 1.53. The number of carbonyl (C=O) groups excluding carboxylic acids is 1. The monoisotopic (exact) mass is 347 g/mol. The number of H-pyrrole nitrogens is 1. The number of carbonyl (C=O) groups is 1. The molecule has 2 N–H and O–H groups in total.